The average molecular weight is 363 g/mol. The lowest BCUT2D eigenvalue weighted by molar-refractivity contribution is 0.397. The first-order valence-electron chi connectivity index (χ1n) is 8.12. The van der Waals surface area contributed by atoms with Crippen LogP contribution in [0.1, 0.15) is 22.5 Å². The number of benzene rings is 1. The molecule has 0 bridgehead atoms. The molecule has 0 amide bonds. The number of hydrogen-bond donors (Lipinski definition) is 1. The summed E-state index contributed by atoms with van der Waals surface area (Å²) >= 11 is 0. The van der Waals surface area contributed by atoms with Gasteiger partial charge in [-0.25, -0.2) is 0 Å². The number of aliphatic imine (C=N–C) groups is 1. The Labute approximate surface area is 155 Å². The number of nitrogens with zero attached hydrogens (tertiary/aromatic N) is 3. The Balaban J connectivity index is 2.13. The summed E-state index contributed by atoms with van der Waals surface area (Å²) in [6.45, 7) is 1.60. The molecule has 27 heavy (non-hydrogen) atoms. The van der Waals surface area contributed by atoms with Crippen molar-refractivity contribution in [2.24, 2.45) is 4.99 Å². The van der Waals surface area contributed by atoms with Crippen molar-refractivity contribution >= 4 is 11.9 Å². The van der Waals surface area contributed by atoms with Crippen LogP contribution in [-0.4, -0.2) is 23.0 Å². The summed E-state index contributed by atoms with van der Waals surface area (Å²) in [6.07, 6.45) is 2.89. The molecular weight excluding hydrogens is 346 g/mol. The highest BCUT2D eigenvalue weighted by atomic mass is 16.5. The molecule has 136 valence electrons. The van der Waals surface area contributed by atoms with Crippen LogP contribution in [-0.2, 0) is 6.54 Å². The number of aromatic nitrogens is 1. The fourth-order valence-electron chi connectivity index (χ4n) is 2.70. The third-order valence-electron chi connectivity index (χ3n) is 4.16. The first kappa shape index (κ1) is 18.0. The van der Waals surface area contributed by atoms with E-state index in [1.165, 1.54) is 19.6 Å². The van der Waals surface area contributed by atoms with E-state index >= 15 is 0 Å². The third kappa shape index (κ3) is 3.46. The number of aromatic hydroxyl groups is 1. The van der Waals surface area contributed by atoms with Crippen molar-refractivity contribution in [2.75, 3.05) is 7.11 Å². The average Bonchev–Trinajstić information content (AvgIpc) is 3.19. The monoisotopic (exact) mass is 363 g/mol. The van der Waals surface area contributed by atoms with Crippen LogP contribution in [0.25, 0.3) is 0 Å². The number of hydrogen-bond acceptors (Lipinski definition) is 6. The summed E-state index contributed by atoms with van der Waals surface area (Å²) in [5, 5.41) is 20.1. The van der Waals surface area contributed by atoms with Crippen LogP contribution in [0.3, 0.4) is 0 Å². The smallest absolute Gasteiger partial charge is 0.271 e. The van der Waals surface area contributed by atoms with E-state index in [4.69, 9.17) is 9.15 Å². The molecule has 0 radical (unpaired) electrons. The number of furan rings is 1. The Bertz CT molecular complexity index is 1090. The lowest BCUT2D eigenvalue weighted by Crippen LogP contribution is -2.25. The maximum absolute atomic E-state index is 12.6. The number of nitriles is 1. The van der Waals surface area contributed by atoms with E-state index in [1.807, 2.05) is 12.1 Å². The van der Waals surface area contributed by atoms with Crippen LogP contribution in [0.2, 0.25) is 0 Å². The summed E-state index contributed by atoms with van der Waals surface area (Å²) in [5.41, 5.74) is 0.554. The van der Waals surface area contributed by atoms with Gasteiger partial charge in [-0.2, -0.15) is 5.26 Å². The van der Waals surface area contributed by atoms with Crippen molar-refractivity contribution < 1.29 is 14.3 Å². The van der Waals surface area contributed by atoms with E-state index < -0.39 is 5.56 Å². The Morgan fingerprint density at radius 1 is 1.33 bits per heavy atom. The zero-order valence-corrected chi connectivity index (χ0v) is 14.8. The minimum Gasteiger partial charge on any atom is -0.494 e. The molecule has 3 aromatic rings. The number of para-hydroxylation sites is 2. The van der Waals surface area contributed by atoms with Gasteiger partial charge in [-0.1, -0.05) is 12.1 Å². The molecule has 0 aliphatic rings. The highest BCUT2D eigenvalue weighted by Gasteiger charge is 2.19. The van der Waals surface area contributed by atoms with E-state index in [9.17, 15) is 15.2 Å². The molecule has 0 spiro atoms. The van der Waals surface area contributed by atoms with E-state index in [0.29, 0.717) is 22.8 Å². The Morgan fingerprint density at radius 2 is 2.11 bits per heavy atom. The number of rotatable bonds is 5. The lowest BCUT2D eigenvalue weighted by Gasteiger charge is -2.13. The van der Waals surface area contributed by atoms with Gasteiger partial charge in [0, 0.05) is 6.21 Å². The molecule has 0 aliphatic heterocycles. The Morgan fingerprint density at radius 3 is 2.78 bits per heavy atom. The van der Waals surface area contributed by atoms with E-state index in [0.717, 1.165) is 4.57 Å². The molecule has 3 rings (SSSR count). The molecule has 0 atom stereocenters. The molecule has 1 aromatic carbocycles. The summed E-state index contributed by atoms with van der Waals surface area (Å²) in [5.74, 6) is 0.759. The van der Waals surface area contributed by atoms with Crippen molar-refractivity contribution in [3.63, 3.8) is 0 Å². The van der Waals surface area contributed by atoms with Crippen LogP contribution < -0.4 is 10.3 Å². The number of ether oxygens (including phenoxy) is 1. The lowest BCUT2D eigenvalue weighted by atomic mass is 10.1. The van der Waals surface area contributed by atoms with E-state index in [1.54, 1.807) is 37.3 Å². The summed E-state index contributed by atoms with van der Waals surface area (Å²) in [4.78, 5) is 16.9. The van der Waals surface area contributed by atoms with Crippen LogP contribution in [0.5, 0.6) is 11.6 Å². The van der Waals surface area contributed by atoms with Crippen molar-refractivity contribution in [3.8, 4) is 17.7 Å². The molecule has 7 nitrogen and oxygen atoms in total. The molecular formula is C20H17N3O4. The molecule has 0 aliphatic carbocycles. The second kappa shape index (κ2) is 7.62. The SMILES string of the molecule is COc1ccccc1N=Cc1c(C)c(C#N)c(=O)n(Cc2ccco2)c1O. The van der Waals surface area contributed by atoms with Gasteiger partial charge in [0.2, 0.25) is 5.88 Å². The van der Waals surface area contributed by atoms with Gasteiger partial charge in [-0.15, -0.1) is 0 Å². The second-order valence-corrected chi connectivity index (χ2v) is 5.75. The van der Waals surface area contributed by atoms with Gasteiger partial charge in [0.15, 0.2) is 0 Å². The van der Waals surface area contributed by atoms with Gasteiger partial charge >= 0.3 is 0 Å². The summed E-state index contributed by atoms with van der Waals surface area (Å²) in [6, 6.07) is 12.4. The van der Waals surface area contributed by atoms with Gasteiger partial charge in [0.1, 0.15) is 28.8 Å². The fourth-order valence-corrected chi connectivity index (χ4v) is 2.70. The zero-order chi connectivity index (χ0) is 19.4. The minimum absolute atomic E-state index is 0.00211. The van der Waals surface area contributed by atoms with Crippen LogP contribution >= 0.6 is 0 Å². The van der Waals surface area contributed by atoms with Crippen molar-refractivity contribution in [2.45, 2.75) is 13.5 Å². The van der Waals surface area contributed by atoms with Gasteiger partial charge in [0.05, 0.1) is 25.5 Å². The van der Waals surface area contributed by atoms with Crippen molar-refractivity contribution in [3.05, 3.63) is 75.5 Å². The Kier molecular flexibility index (Phi) is 5.08. The largest absolute Gasteiger partial charge is 0.494 e. The molecule has 2 aromatic heterocycles. The quantitative estimate of drug-likeness (QED) is 0.702. The zero-order valence-electron chi connectivity index (χ0n) is 14.8. The standard InChI is InChI=1S/C20H17N3O4/c1-13-15(10-21)19(24)23(12-14-6-5-9-27-14)20(25)16(13)11-22-17-7-3-4-8-18(17)26-2/h3-9,11,25H,12H2,1-2H3. The van der Waals surface area contributed by atoms with Gasteiger partial charge in [-0.3, -0.25) is 14.4 Å². The first-order chi connectivity index (χ1) is 13.1. The molecule has 0 saturated carbocycles. The highest BCUT2D eigenvalue weighted by molar-refractivity contribution is 5.87. The van der Waals surface area contributed by atoms with Gasteiger partial charge < -0.3 is 14.3 Å². The maximum atomic E-state index is 12.6. The van der Waals surface area contributed by atoms with E-state index in [2.05, 4.69) is 4.99 Å². The number of pyridine rings is 1. The molecule has 0 fully saturated rings. The highest BCUT2D eigenvalue weighted by Crippen LogP contribution is 2.27. The van der Waals surface area contributed by atoms with E-state index in [-0.39, 0.29) is 23.6 Å². The fraction of sp³-hybridized carbons (Fsp3) is 0.150. The normalized spacial score (nSPS) is 10.9. The molecule has 0 unspecified atom stereocenters. The molecule has 7 heteroatoms. The summed E-state index contributed by atoms with van der Waals surface area (Å²) < 4.78 is 11.6. The molecule has 2 heterocycles. The Hall–Kier alpha value is -3.79. The maximum Gasteiger partial charge on any atom is 0.271 e. The van der Waals surface area contributed by atoms with Crippen LogP contribution in [0.4, 0.5) is 5.69 Å². The van der Waals surface area contributed by atoms with Gasteiger partial charge in [-0.05, 0) is 36.8 Å². The third-order valence-corrected chi connectivity index (χ3v) is 4.16. The predicted molar refractivity (Wildman–Crippen MR) is 99.9 cm³/mol. The second-order valence-electron chi connectivity index (χ2n) is 5.75. The minimum atomic E-state index is -0.585. The number of methoxy groups -OCH3 is 1. The topological polar surface area (TPSA) is 101 Å². The van der Waals surface area contributed by atoms with Gasteiger partial charge in [0.25, 0.3) is 5.56 Å². The van der Waals surface area contributed by atoms with Crippen molar-refractivity contribution in [1.82, 2.24) is 4.57 Å². The molecule has 1 N–H and O–H groups in total. The van der Waals surface area contributed by atoms with Crippen molar-refractivity contribution in [1.29, 1.82) is 5.26 Å². The predicted octanol–water partition coefficient (Wildman–Crippen LogP) is 3.13. The van der Waals surface area contributed by atoms with Crippen LogP contribution in [0, 0.1) is 18.3 Å². The summed E-state index contributed by atoms with van der Waals surface area (Å²) in [7, 11) is 1.54. The first-order valence-corrected chi connectivity index (χ1v) is 8.12. The molecule has 0 saturated heterocycles. The van der Waals surface area contributed by atoms with Crippen LogP contribution in [0.15, 0.2) is 56.9 Å².